The molecule has 0 aliphatic carbocycles. The van der Waals surface area contributed by atoms with Gasteiger partial charge < -0.3 is 9.13 Å². The zero-order valence-corrected chi connectivity index (χ0v) is 24.0. The Hall–Kier alpha value is -3.53. The van der Waals surface area contributed by atoms with Crippen LogP contribution in [0.3, 0.4) is 0 Å². The SMILES string of the molecule is CSCCn1cc(-c2ccccc2)c(-c2cn(C)c(=O)c3c2cc(Cl)n3S(=O)(=O)c2ccc(C)cc2)cc1=O. The highest BCUT2D eigenvalue weighted by Gasteiger charge is 2.27. The number of thioether (sulfide) groups is 1. The molecule has 0 aliphatic heterocycles. The minimum absolute atomic E-state index is 0.0151. The van der Waals surface area contributed by atoms with Gasteiger partial charge in [0.2, 0.25) is 0 Å². The van der Waals surface area contributed by atoms with E-state index >= 15 is 0 Å². The molecule has 3 heterocycles. The normalized spacial score (nSPS) is 11.8. The van der Waals surface area contributed by atoms with Crippen molar-refractivity contribution < 1.29 is 8.42 Å². The Morgan fingerprint density at radius 1 is 0.897 bits per heavy atom. The second kappa shape index (κ2) is 10.6. The van der Waals surface area contributed by atoms with Crippen LogP contribution in [0.5, 0.6) is 0 Å². The lowest BCUT2D eigenvalue weighted by molar-refractivity contribution is 0.589. The largest absolute Gasteiger partial charge is 0.316 e. The van der Waals surface area contributed by atoms with E-state index in [0.717, 1.165) is 26.4 Å². The molecule has 0 atom stereocenters. The predicted octanol–water partition coefficient (Wildman–Crippen LogP) is 5.40. The fraction of sp³-hybridized carbons (Fsp3) is 0.172. The molecule has 0 spiro atoms. The minimum atomic E-state index is -4.19. The second-order valence-electron chi connectivity index (χ2n) is 9.26. The number of benzene rings is 2. The van der Waals surface area contributed by atoms with Crippen molar-refractivity contribution in [2.75, 3.05) is 12.0 Å². The van der Waals surface area contributed by atoms with Crippen molar-refractivity contribution in [2.45, 2.75) is 18.4 Å². The molecule has 3 aromatic heterocycles. The van der Waals surface area contributed by atoms with Crippen molar-refractivity contribution in [3.63, 3.8) is 0 Å². The van der Waals surface area contributed by atoms with Gasteiger partial charge in [-0.15, -0.1) is 0 Å². The summed E-state index contributed by atoms with van der Waals surface area (Å²) in [5, 5.41) is 0.224. The van der Waals surface area contributed by atoms with Crippen LogP contribution >= 0.6 is 23.4 Å². The average Bonchev–Trinajstić information content (AvgIpc) is 3.28. The van der Waals surface area contributed by atoms with Gasteiger partial charge in [-0.05, 0) is 42.5 Å². The van der Waals surface area contributed by atoms with Crippen LogP contribution in [0, 0.1) is 6.92 Å². The molecule has 0 bridgehead atoms. The molecular weight excluding hydrogens is 554 g/mol. The van der Waals surface area contributed by atoms with Crippen LogP contribution in [0.4, 0.5) is 0 Å². The summed E-state index contributed by atoms with van der Waals surface area (Å²) < 4.78 is 31.3. The zero-order chi connectivity index (χ0) is 27.9. The van der Waals surface area contributed by atoms with Gasteiger partial charge in [-0.1, -0.05) is 59.6 Å². The average molecular weight is 580 g/mol. The Bertz CT molecular complexity index is 1920. The number of aryl methyl sites for hydroxylation is 3. The number of fused-ring (bicyclic) bond motifs is 1. The van der Waals surface area contributed by atoms with Gasteiger partial charge in [-0.3, -0.25) is 9.59 Å². The molecule has 0 amide bonds. The van der Waals surface area contributed by atoms with Gasteiger partial charge >= 0.3 is 0 Å². The number of halogens is 1. The standard InChI is InChI=1S/C29H26ClN3O4S2/c1-19-9-11-21(12-10-19)39(36,37)33-26(30)15-23-25(17-31(2)29(35)28(23)33)22-16-27(34)32(13-14-38-3)18-24(22)20-7-5-4-6-8-20/h4-12,15-18H,13-14H2,1-3H3. The molecule has 0 aliphatic rings. The summed E-state index contributed by atoms with van der Waals surface area (Å²) >= 11 is 8.20. The van der Waals surface area contributed by atoms with E-state index in [9.17, 15) is 18.0 Å². The highest BCUT2D eigenvalue weighted by Crippen LogP contribution is 2.37. The fourth-order valence-electron chi connectivity index (χ4n) is 4.63. The highest BCUT2D eigenvalue weighted by atomic mass is 35.5. The Morgan fingerprint density at radius 2 is 1.59 bits per heavy atom. The van der Waals surface area contributed by atoms with E-state index in [1.807, 2.05) is 49.7 Å². The summed E-state index contributed by atoms with van der Waals surface area (Å²) in [6.45, 7) is 2.40. The van der Waals surface area contributed by atoms with Crippen LogP contribution < -0.4 is 11.1 Å². The zero-order valence-electron chi connectivity index (χ0n) is 21.6. The third-order valence-corrected chi connectivity index (χ3v) is 9.35. The molecule has 5 rings (SSSR count). The first-order valence-corrected chi connectivity index (χ1v) is 15.4. The van der Waals surface area contributed by atoms with Gasteiger partial charge in [0.05, 0.1) is 4.90 Å². The van der Waals surface area contributed by atoms with E-state index in [1.165, 1.54) is 22.8 Å². The Morgan fingerprint density at radius 3 is 2.26 bits per heavy atom. The number of hydrogen-bond donors (Lipinski definition) is 0. The number of nitrogens with zero attached hydrogens (tertiary/aromatic N) is 3. The Kier molecular flexibility index (Phi) is 7.33. The first-order valence-electron chi connectivity index (χ1n) is 12.2. The van der Waals surface area contributed by atoms with Gasteiger partial charge in [-0.2, -0.15) is 11.8 Å². The molecule has 2 aromatic carbocycles. The monoisotopic (exact) mass is 579 g/mol. The summed E-state index contributed by atoms with van der Waals surface area (Å²) in [5.41, 5.74) is 2.87. The molecule has 0 saturated carbocycles. The van der Waals surface area contributed by atoms with Gasteiger partial charge in [0.1, 0.15) is 10.7 Å². The van der Waals surface area contributed by atoms with E-state index in [0.29, 0.717) is 23.1 Å². The van der Waals surface area contributed by atoms with E-state index in [1.54, 1.807) is 47.8 Å². The van der Waals surface area contributed by atoms with Crippen molar-refractivity contribution in [1.82, 2.24) is 13.1 Å². The molecule has 0 fully saturated rings. The molecular formula is C29H26ClN3O4S2. The van der Waals surface area contributed by atoms with Crippen LogP contribution in [0.25, 0.3) is 33.2 Å². The maximum Gasteiger partial charge on any atom is 0.275 e. The third-order valence-electron chi connectivity index (χ3n) is 6.65. The number of pyridine rings is 2. The van der Waals surface area contributed by atoms with E-state index in [4.69, 9.17) is 11.6 Å². The van der Waals surface area contributed by atoms with Gasteiger partial charge in [0, 0.05) is 54.3 Å². The number of hydrogen-bond acceptors (Lipinski definition) is 5. The van der Waals surface area contributed by atoms with Crippen molar-refractivity contribution in [3.05, 3.63) is 111 Å². The van der Waals surface area contributed by atoms with Crippen LogP contribution in [0.1, 0.15) is 5.56 Å². The third kappa shape index (κ3) is 4.86. The first-order chi connectivity index (χ1) is 18.6. The number of rotatable bonds is 7. The smallest absolute Gasteiger partial charge is 0.275 e. The quantitative estimate of drug-likeness (QED) is 0.258. The lowest BCUT2D eigenvalue weighted by atomic mass is 9.95. The van der Waals surface area contributed by atoms with Crippen molar-refractivity contribution in [1.29, 1.82) is 0 Å². The fourth-order valence-corrected chi connectivity index (χ4v) is 6.87. The van der Waals surface area contributed by atoms with Crippen molar-refractivity contribution in [3.8, 4) is 22.3 Å². The maximum absolute atomic E-state index is 13.7. The molecule has 0 N–H and O–H groups in total. The van der Waals surface area contributed by atoms with Crippen molar-refractivity contribution >= 4 is 44.3 Å². The van der Waals surface area contributed by atoms with Crippen LogP contribution in [0.15, 0.2) is 93.6 Å². The topological polar surface area (TPSA) is 83.1 Å². The molecule has 200 valence electrons. The van der Waals surface area contributed by atoms with Crippen LogP contribution in [-0.4, -0.2) is 33.5 Å². The van der Waals surface area contributed by atoms with Crippen LogP contribution in [0.2, 0.25) is 5.15 Å². The summed E-state index contributed by atoms with van der Waals surface area (Å²) in [6, 6.07) is 19.0. The molecule has 0 radical (unpaired) electrons. The van der Waals surface area contributed by atoms with Gasteiger partial charge in [0.15, 0.2) is 0 Å². The first kappa shape index (κ1) is 27.1. The van der Waals surface area contributed by atoms with Crippen LogP contribution in [-0.2, 0) is 23.6 Å². The summed E-state index contributed by atoms with van der Waals surface area (Å²) in [5.74, 6) is 0.771. The molecule has 0 saturated heterocycles. The maximum atomic E-state index is 13.7. The Labute approximate surface area is 235 Å². The van der Waals surface area contributed by atoms with E-state index < -0.39 is 15.6 Å². The molecule has 0 unspecified atom stereocenters. The van der Waals surface area contributed by atoms with E-state index in [-0.39, 0.29) is 21.1 Å². The lowest BCUT2D eigenvalue weighted by Crippen LogP contribution is -2.23. The minimum Gasteiger partial charge on any atom is -0.316 e. The summed E-state index contributed by atoms with van der Waals surface area (Å²) in [4.78, 5) is 26.6. The summed E-state index contributed by atoms with van der Waals surface area (Å²) in [7, 11) is -2.64. The summed E-state index contributed by atoms with van der Waals surface area (Å²) in [6.07, 6.45) is 5.43. The molecule has 7 nitrogen and oxygen atoms in total. The van der Waals surface area contributed by atoms with Gasteiger partial charge in [0.25, 0.3) is 21.1 Å². The second-order valence-corrected chi connectivity index (χ2v) is 12.4. The van der Waals surface area contributed by atoms with Gasteiger partial charge in [-0.25, -0.2) is 12.4 Å². The lowest BCUT2D eigenvalue weighted by Gasteiger charge is -2.16. The molecule has 10 heteroatoms. The highest BCUT2D eigenvalue weighted by molar-refractivity contribution is 7.98. The molecule has 5 aromatic rings. The number of aromatic nitrogens is 3. The van der Waals surface area contributed by atoms with Crippen molar-refractivity contribution in [2.24, 2.45) is 7.05 Å². The van der Waals surface area contributed by atoms with E-state index in [2.05, 4.69) is 0 Å². The Balaban J connectivity index is 1.84. The molecule has 39 heavy (non-hydrogen) atoms. The predicted molar refractivity (Wildman–Crippen MR) is 159 cm³/mol.